The van der Waals surface area contributed by atoms with Gasteiger partial charge in [0.2, 0.25) is 0 Å². The summed E-state index contributed by atoms with van der Waals surface area (Å²) in [6.07, 6.45) is 5.46. The first-order chi connectivity index (χ1) is 9.74. The van der Waals surface area contributed by atoms with Crippen LogP contribution in [0.15, 0.2) is 30.0 Å². The van der Waals surface area contributed by atoms with Gasteiger partial charge in [0.05, 0.1) is 6.10 Å². The molecule has 2 rings (SSSR count). The molecule has 0 radical (unpaired) electrons. The summed E-state index contributed by atoms with van der Waals surface area (Å²) in [5.74, 6) is -0.0737. The first kappa shape index (κ1) is 13.9. The number of hydrogen-bond acceptors (Lipinski definition) is 4. The number of anilines is 1. The lowest BCUT2D eigenvalue weighted by Crippen LogP contribution is -2.12. The molecule has 5 heteroatoms. The van der Waals surface area contributed by atoms with Gasteiger partial charge in [-0.25, -0.2) is 4.39 Å². The molecule has 0 unspecified atom stereocenters. The number of para-hydroxylation sites is 1. The van der Waals surface area contributed by atoms with Crippen molar-refractivity contribution in [2.24, 2.45) is 0 Å². The van der Waals surface area contributed by atoms with Crippen LogP contribution in [0.4, 0.5) is 10.1 Å². The number of hydrogen-bond donors (Lipinski definition) is 1. The van der Waals surface area contributed by atoms with E-state index in [2.05, 4.69) is 5.32 Å². The van der Waals surface area contributed by atoms with E-state index in [-0.39, 0.29) is 17.4 Å². The first-order valence-electron chi connectivity index (χ1n) is 6.46. The Morgan fingerprint density at radius 3 is 2.65 bits per heavy atom. The Kier molecular flexibility index (Phi) is 4.57. The van der Waals surface area contributed by atoms with Gasteiger partial charge in [0.15, 0.2) is 0 Å². The Labute approximate surface area is 117 Å². The number of benzene rings is 1. The third-order valence-electron chi connectivity index (χ3n) is 3.17. The maximum Gasteiger partial charge on any atom is 0.150 e. The quantitative estimate of drug-likeness (QED) is 0.851. The van der Waals surface area contributed by atoms with Crippen LogP contribution in [0.5, 0.6) is 5.75 Å². The third-order valence-corrected chi connectivity index (χ3v) is 3.17. The van der Waals surface area contributed by atoms with E-state index in [1.807, 2.05) is 0 Å². The van der Waals surface area contributed by atoms with E-state index in [0.717, 1.165) is 25.7 Å². The fourth-order valence-electron chi connectivity index (χ4n) is 2.16. The average molecular weight is 271 g/mol. The Balaban J connectivity index is 2.20. The lowest BCUT2D eigenvalue weighted by molar-refractivity contribution is 0.210. The average Bonchev–Trinajstić information content (AvgIpc) is 2.95. The van der Waals surface area contributed by atoms with Gasteiger partial charge < -0.3 is 10.1 Å². The van der Waals surface area contributed by atoms with E-state index >= 15 is 0 Å². The Bertz CT molecular complexity index is 576. The van der Waals surface area contributed by atoms with E-state index in [4.69, 9.17) is 15.3 Å². The molecular formula is C15H14FN3O. The molecule has 0 spiro atoms. The summed E-state index contributed by atoms with van der Waals surface area (Å²) in [4.78, 5) is 0. The van der Waals surface area contributed by atoms with Crippen LogP contribution >= 0.6 is 0 Å². The fraction of sp³-hybridized carbons (Fsp3) is 0.333. The Morgan fingerprint density at radius 2 is 2.00 bits per heavy atom. The zero-order chi connectivity index (χ0) is 14.4. The molecule has 0 heterocycles. The third kappa shape index (κ3) is 3.27. The highest BCUT2D eigenvalue weighted by Crippen LogP contribution is 2.31. The molecule has 0 aliphatic heterocycles. The van der Waals surface area contributed by atoms with Crippen molar-refractivity contribution in [2.45, 2.75) is 31.8 Å². The lowest BCUT2D eigenvalue weighted by Gasteiger charge is -2.16. The van der Waals surface area contributed by atoms with Gasteiger partial charge in [-0.15, -0.1) is 0 Å². The molecule has 1 saturated carbocycles. The maximum atomic E-state index is 13.8. The van der Waals surface area contributed by atoms with Gasteiger partial charge >= 0.3 is 0 Å². The molecule has 4 nitrogen and oxygen atoms in total. The summed E-state index contributed by atoms with van der Waals surface area (Å²) in [7, 11) is 0. The Hall–Kier alpha value is -2.53. The number of rotatable bonds is 4. The van der Waals surface area contributed by atoms with E-state index < -0.39 is 5.82 Å². The lowest BCUT2D eigenvalue weighted by atomic mass is 10.2. The van der Waals surface area contributed by atoms with Gasteiger partial charge in [-0.1, -0.05) is 6.07 Å². The minimum absolute atomic E-state index is 0.104. The zero-order valence-electron chi connectivity index (χ0n) is 10.9. The number of ether oxygens (including phenoxy) is 1. The van der Waals surface area contributed by atoms with Crippen molar-refractivity contribution in [3.63, 3.8) is 0 Å². The van der Waals surface area contributed by atoms with E-state index in [9.17, 15) is 4.39 Å². The van der Waals surface area contributed by atoms with E-state index in [0.29, 0.717) is 5.75 Å². The predicted octanol–water partition coefficient (Wildman–Crippen LogP) is 3.49. The van der Waals surface area contributed by atoms with Crippen LogP contribution < -0.4 is 10.1 Å². The minimum atomic E-state index is -0.480. The number of halogens is 1. The largest absolute Gasteiger partial charge is 0.488 e. The van der Waals surface area contributed by atoms with Crippen LogP contribution in [0.2, 0.25) is 0 Å². The molecule has 0 aromatic heterocycles. The van der Waals surface area contributed by atoms with Crippen LogP contribution in [0, 0.1) is 28.5 Å². The SMILES string of the molecule is N#CC(C#N)=CNc1c(F)cccc1OC1CCCC1. The van der Waals surface area contributed by atoms with Crippen molar-refractivity contribution in [2.75, 3.05) is 5.32 Å². The van der Waals surface area contributed by atoms with Crippen molar-refractivity contribution >= 4 is 5.69 Å². The molecule has 1 aromatic rings. The van der Waals surface area contributed by atoms with Crippen LogP contribution in [0.25, 0.3) is 0 Å². The topological polar surface area (TPSA) is 68.8 Å². The highest BCUT2D eigenvalue weighted by atomic mass is 19.1. The highest BCUT2D eigenvalue weighted by Gasteiger charge is 2.19. The number of nitrogens with one attached hydrogen (secondary N) is 1. The normalized spacial score (nSPS) is 14.2. The number of nitriles is 2. The molecule has 102 valence electrons. The fourth-order valence-corrected chi connectivity index (χ4v) is 2.16. The van der Waals surface area contributed by atoms with Crippen LogP contribution in [0.1, 0.15) is 25.7 Å². The molecule has 1 fully saturated rings. The second kappa shape index (κ2) is 6.58. The van der Waals surface area contributed by atoms with E-state index in [1.165, 1.54) is 12.3 Å². The highest BCUT2D eigenvalue weighted by molar-refractivity contribution is 5.60. The smallest absolute Gasteiger partial charge is 0.150 e. The number of nitrogens with zero attached hydrogens (tertiary/aromatic N) is 2. The van der Waals surface area contributed by atoms with Gasteiger partial charge in [-0.2, -0.15) is 10.5 Å². The van der Waals surface area contributed by atoms with Crippen LogP contribution in [-0.4, -0.2) is 6.10 Å². The summed E-state index contributed by atoms with van der Waals surface area (Å²) in [5.41, 5.74) is 0.0301. The summed E-state index contributed by atoms with van der Waals surface area (Å²) >= 11 is 0. The molecule has 0 saturated heterocycles. The summed E-state index contributed by atoms with van der Waals surface area (Å²) < 4.78 is 19.6. The van der Waals surface area contributed by atoms with Crippen molar-refractivity contribution in [3.8, 4) is 17.9 Å². The number of allylic oxidation sites excluding steroid dienone is 1. The van der Waals surface area contributed by atoms with Gasteiger partial charge in [-0.3, -0.25) is 0 Å². The van der Waals surface area contributed by atoms with Gasteiger partial charge in [0.1, 0.15) is 35.0 Å². The van der Waals surface area contributed by atoms with Crippen molar-refractivity contribution < 1.29 is 9.13 Å². The van der Waals surface area contributed by atoms with E-state index in [1.54, 1.807) is 24.3 Å². The molecule has 20 heavy (non-hydrogen) atoms. The molecule has 0 atom stereocenters. The van der Waals surface area contributed by atoms with Crippen molar-refractivity contribution in [1.29, 1.82) is 10.5 Å². The van der Waals surface area contributed by atoms with Gasteiger partial charge in [0.25, 0.3) is 0 Å². The monoisotopic (exact) mass is 271 g/mol. The molecular weight excluding hydrogens is 257 g/mol. The second-order valence-corrected chi connectivity index (χ2v) is 4.56. The summed E-state index contributed by atoms with van der Waals surface area (Å²) in [6.45, 7) is 0. The van der Waals surface area contributed by atoms with Crippen molar-refractivity contribution in [1.82, 2.24) is 0 Å². The van der Waals surface area contributed by atoms with Crippen LogP contribution in [-0.2, 0) is 0 Å². The summed E-state index contributed by atoms with van der Waals surface area (Å²) in [6, 6.07) is 7.97. The second-order valence-electron chi connectivity index (χ2n) is 4.56. The molecule has 0 amide bonds. The molecule has 1 aromatic carbocycles. The molecule has 0 bridgehead atoms. The minimum Gasteiger partial charge on any atom is -0.488 e. The van der Waals surface area contributed by atoms with Crippen LogP contribution in [0.3, 0.4) is 0 Å². The molecule has 1 aliphatic carbocycles. The maximum absolute atomic E-state index is 13.8. The van der Waals surface area contributed by atoms with Gasteiger partial charge in [-0.05, 0) is 37.8 Å². The standard InChI is InChI=1S/C15H14FN3O/c16-13-6-3-7-14(20-12-4-1-2-5-12)15(13)19-10-11(8-17)9-18/h3,6-7,10,12,19H,1-2,4-5H2. The van der Waals surface area contributed by atoms with Crippen molar-refractivity contribution in [3.05, 3.63) is 35.8 Å². The summed E-state index contributed by atoms with van der Waals surface area (Å²) in [5, 5.41) is 20.0. The Morgan fingerprint density at radius 1 is 1.30 bits per heavy atom. The zero-order valence-corrected chi connectivity index (χ0v) is 10.9. The molecule has 1 N–H and O–H groups in total. The predicted molar refractivity (Wildman–Crippen MR) is 72.2 cm³/mol. The molecule has 1 aliphatic rings. The van der Waals surface area contributed by atoms with Gasteiger partial charge in [0, 0.05) is 6.20 Å². The first-order valence-corrected chi connectivity index (χ1v) is 6.46.